The van der Waals surface area contributed by atoms with Crippen LogP contribution in [0.1, 0.15) is 10.4 Å². The largest absolute Gasteiger partial charge is 0.478 e. The smallest absolute Gasteiger partial charge is 0.335 e. The number of H-pyrrole nitrogens is 2. The zero-order chi connectivity index (χ0) is 33.3. The molecule has 3 aromatic heterocycles. The van der Waals surface area contributed by atoms with Crippen LogP contribution in [0.5, 0.6) is 11.5 Å². The molecule has 5 aromatic carbocycles. The van der Waals surface area contributed by atoms with E-state index in [1.54, 1.807) is 12.1 Å². The van der Waals surface area contributed by atoms with Crippen molar-refractivity contribution in [1.29, 1.82) is 0 Å². The highest BCUT2D eigenvalue weighted by Gasteiger charge is 2.19. The van der Waals surface area contributed by atoms with Crippen molar-refractivity contribution in [2.45, 2.75) is 0 Å². The Morgan fingerprint density at radius 2 is 0.860 bits per heavy atom. The molecule has 0 aliphatic carbocycles. The quantitative estimate of drug-likeness (QED) is 0.177. The molecule has 7 nitrogen and oxygen atoms in total. The summed E-state index contributed by atoms with van der Waals surface area (Å²) < 4.78 is 6.22. The fourth-order valence-corrected chi connectivity index (χ4v) is 7.16. The molecular formula is C43H26N4O3. The lowest BCUT2D eigenvalue weighted by molar-refractivity contribution is 0.0697. The van der Waals surface area contributed by atoms with E-state index < -0.39 is 5.97 Å². The zero-order valence-electron chi connectivity index (χ0n) is 26.4. The van der Waals surface area contributed by atoms with Crippen LogP contribution in [-0.4, -0.2) is 31.0 Å². The summed E-state index contributed by atoms with van der Waals surface area (Å²) in [6, 6.07) is 46.0. The number of nitrogens with one attached hydrogen (secondary N) is 2. The lowest BCUT2D eigenvalue weighted by Gasteiger charge is -2.06. The third-order valence-corrected chi connectivity index (χ3v) is 9.52. The minimum Gasteiger partial charge on any atom is -0.478 e. The van der Waals surface area contributed by atoms with Crippen molar-refractivity contribution in [2.24, 2.45) is 0 Å². The number of aromatic carboxylic acids is 1. The van der Waals surface area contributed by atoms with E-state index in [9.17, 15) is 9.90 Å². The van der Waals surface area contributed by atoms with Crippen molar-refractivity contribution in [2.75, 3.05) is 0 Å². The molecule has 0 amide bonds. The maximum atomic E-state index is 11.4. The fraction of sp³-hybridized carbons (Fsp3) is 0. The summed E-state index contributed by atoms with van der Waals surface area (Å²) in [6.07, 6.45) is 0. The molecule has 0 radical (unpaired) electrons. The molecule has 0 saturated heterocycles. The third-order valence-electron chi connectivity index (χ3n) is 9.52. The Kier molecular flexibility index (Phi) is 6.04. The van der Waals surface area contributed by atoms with Gasteiger partial charge in [-0.25, -0.2) is 14.8 Å². The van der Waals surface area contributed by atoms with Gasteiger partial charge in [-0.05, 0) is 66.7 Å². The normalized spacial score (nSPS) is 11.8. The molecule has 2 aliphatic heterocycles. The Morgan fingerprint density at radius 3 is 1.32 bits per heavy atom. The highest BCUT2D eigenvalue weighted by Crippen LogP contribution is 2.40. The molecule has 50 heavy (non-hydrogen) atoms. The molecule has 0 unspecified atom stereocenters. The van der Waals surface area contributed by atoms with Crippen LogP contribution in [-0.2, 0) is 0 Å². The lowest BCUT2D eigenvalue weighted by Crippen LogP contribution is -1.95. The van der Waals surface area contributed by atoms with E-state index in [1.165, 1.54) is 12.1 Å². The predicted molar refractivity (Wildman–Crippen MR) is 198 cm³/mol. The van der Waals surface area contributed by atoms with E-state index in [2.05, 4.69) is 88.8 Å². The second-order valence-corrected chi connectivity index (χ2v) is 12.5. The van der Waals surface area contributed by atoms with Gasteiger partial charge in [0.1, 0.15) is 11.5 Å². The van der Waals surface area contributed by atoms with Crippen LogP contribution in [0.15, 0.2) is 140 Å². The van der Waals surface area contributed by atoms with Gasteiger partial charge in [0.2, 0.25) is 0 Å². The number of hydrogen-bond donors (Lipinski definition) is 3. The molecule has 0 fully saturated rings. The molecule has 0 atom stereocenters. The molecule has 7 heteroatoms. The maximum absolute atomic E-state index is 11.4. The number of benzene rings is 5. The molecule has 8 bridgehead atoms. The van der Waals surface area contributed by atoms with Crippen molar-refractivity contribution >= 4 is 49.6 Å². The Labute approximate surface area is 285 Å². The van der Waals surface area contributed by atoms with Gasteiger partial charge >= 0.3 is 5.97 Å². The number of aromatic amines is 2. The predicted octanol–water partition coefficient (Wildman–Crippen LogP) is 10.8. The SMILES string of the molecule is O=C(O)c1ccc(Oc2ccc3c4cc5nc(cc6[nH]c(cc7nc(cc([nH]4)c3c2)-c2ccccc2-7)c2ccccc62)-c2ccccc2-5)cc1. The van der Waals surface area contributed by atoms with Gasteiger partial charge in [0.15, 0.2) is 0 Å². The highest BCUT2D eigenvalue weighted by molar-refractivity contribution is 6.10. The first-order chi connectivity index (χ1) is 24.6. The minimum absolute atomic E-state index is 0.205. The van der Waals surface area contributed by atoms with Gasteiger partial charge in [-0.1, -0.05) is 72.8 Å². The summed E-state index contributed by atoms with van der Waals surface area (Å²) in [5.74, 6) is 0.199. The third kappa shape index (κ3) is 4.48. The van der Waals surface area contributed by atoms with Gasteiger partial charge in [-0.15, -0.1) is 0 Å². The van der Waals surface area contributed by atoms with Crippen LogP contribution in [0.4, 0.5) is 0 Å². The van der Waals surface area contributed by atoms with Gasteiger partial charge in [0, 0.05) is 65.9 Å². The molecular weight excluding hydrogens is 620 g/mol. The molecule has 5 heterocycles. The number of aromatic nitrogens is 4. The number of carboxylic acid groups (broad SMARTS) is 1. The summed E-state index contributed by atoms with van der Waals surface area (Å²) >= 11 is 0. The van der Waals surface area contributed by atoms with Gasteiger partial charge in [-0.2, -0.15) is 0 Å². The van der Waals surface area contributed by atoms with Crippen molar-refractivity contribution in [3.05, 3.63) is 145 Å². The Bertz CT molecular complexity index is 2880. The van der Waals surface area contributed by atoms with Crippen LogP contribution < -0.4 is 4.74 Å². The fourth-order valence-electron chi connectivity index (χ4n) is 7.16. The summed E-state index contributed by atoms with van der Waals surface area (Å²) in [7, 11) is 0. The summed E-state index contributed by atoms with van der Waals surface area (Å²) in [4.78, 5) is 29.2. The van der Waals surface area contributed by atoms with Crippen molar-refractivity contribution in [3.63, 3.8) is 0 Å². The highest BCUT2D eigenvalue weighted by atomic mass is 16.5. The average Bonchev–Trinajstić information content (AvgIpc) is 3.87. The van der Waals surface area contributed by atoms with Crippen molar-refractivity contribution in [3.8, 4) is 56.5 Å². The van der Waals surface area contributed by atoms with Gasteiger partial charge in [0.25, 0.3) is 0 Å². The van der Waals surface area contributed by atoms with Crippen LogP contribution >= 0.6 is 0 Å². The monoisotopic (exact) mass is 646 g/mol. The minimum atomic E-state index is -0.978. The van der Waals surface area contributed by atoms with Gasteiger partial charge < -0.3 is 19.8 Å². The van der Waals surface area contributed by atoms with E-state index in [4.69, 9.17) is 14.7 Å². The number of nitrogens with zero attached hydrogens (tertiary/aromatic N) is 2. The number of carboxylic acids is 1. The van der Waals surface area contributed by atoms with Crippen LogP contribution in [0.3, 0.4) is 0 Å². The van der Waals surface area contributed by atoms with Crippen molar-refractivity contribution in [1.82, 2.24) is 19.9 Å². The van der Waals surface area contributed by atoms with Crippen LogP contribution in [0, 0.1) is 0 Å². The number of rotatable bonds is 3. The maximum Gasteiger partial charge on any atom is 0.335 e. The first kappa shape index (κ1) is 28.1. The number of ether oxygens (including phenoxy) is 1. The topological polar surface area (TPSA) is 104 Å². The molecule has 2 aliphatic rings. The second-order valence-electron chi connectivity index (χ2n) is 12.5. The first-order valence-electron chi connectivity index (χ1n) is 16.3. The van der Waals surface area contributed by atoms with Gasteiger partial charge in [0.05, 0.1) is 28.3 Å². The van der Waals surface area contributed by atoms with E-state index in [1.807, 2.05) is 36.4 Å². The van der Waals surface area contributed by atoms with E-state index in [-0.39, 0.29) is 5.56 Å². The van der Waals surface area contributed by atoms with E-state index >= 15 is 0 Å². The molecule has 10 rings (SSSR count). The molecule has 236 valence electrons. The van der Waals surface area contributed by atoms with Gasteiger partial charge in [-0.3, -0.25) is 0 Å². The van der Waals surface area contributed by atoms with E-state index in [0.29, 0.717) is 11.5 Å². The number of hydrogen-bond acceptors (Lipinski definition) is 4. The molecule has 8 aromatic rings. The number of carbonyl (C=O) groups is 1. The Balaban J connectivity index is 1.28. The van der Waals surface area contributed by atoms with Crippen molar-refractivity contribution < 1.29 is 14.6 Å². The number of fused-ring (bicyclic) bond motifs is 20. The first-order valence-corrected chi connectivity index (χ1v) is 16.3. The van der Waals surface area contributed by atoms with Crippen LogP contribution in [0.25, 0.3) is 88.6 Å². The lowest BCUT2D eigenvalue weighted by atomic mass is 10.0. The Morgan fingerprint density at radius 1 is 0.460 bits per heavy atom. The standard InChI is InChI=1S/C43H26N4O3/c48-43(49)24-13-15-25(16-14-24)50-26-17-18-33-34(19-26)42-23-40-32-12-6-5-11-31(32)38(46-40)21-36-28-8-2-1-7-27(28)35(44-36)20-37-29-9-3-4-10-30(29)39(45-37)22-41(33)47-42/h1-23,44,47H,(H,48,49). The molecule has 3 N–H and O–H groups in total. The molecule has 0 saturated carbocycles. The summed E-state index contributed by atoms with van der Waals surface area (Å²) in [6.45, 7) is 0. The average molecular weight is 647 g/mol. The van der Waals surface area contributed by atoms with E-state index in [0.717, 1.165) is 88.6 Å². The summed E-state index contributed by atoms with van der Waals surface area (Å²) in [5.41, 5.74) is 11.7. The molecule has 0 spiro atoms. The summed E-state index contributed by atoms with van der Waals surface area (Å²) in [5, 5.41) is 13.5. The second kappa shape index (κ2) is 10.8. The Hall–Kier alpha value is -6.99. The zero-order valence-corrected chi connectivity index (χ0v) is 26.4. The van der Waals surface area contributed by atoms with Crippen LogP contribution in [0.2, 0.25) is 0 Å².